The number of H-pyrrole nitrogens is 1. The number of nitrogens with one attached hydrogen (secondary N) is 1. The van der Waals surface area contributed by atoms with Crippen LogP contribution in [-0.4, -0.2) is 20.2 Å². The van der Waals surface area contributed by atoms with Crippen molar-refractivity contribution in [1.29, 1.82) is 0 Å². The van der Waals surface area contributed by atoms with Crippen molar-refractivity contribution < 1.29 is 0 Å². The summed E-state index contributed by atoms with van der Waals surface area (Å²) in [6.45, 7) is 0. The van der Waals surface area contributed by atoms with Gasteiger partial charge in [0.05, 0.1) is 5.88 Å². The lowest BCUT2D eigenvalue weighted by Gasteiger charge is -1.93. The van der Waals surface area contributed by atoms with Gasteiger partial charge in [0.15, 0.2) is 5.82 Å². The number of nitrogens with zero attached hydrogens (tertiary/aromatic N) is 3. The Hall–Kier alpha value is -0.940. The molecule has 0 aliphatic rings. The molecule has 0 atom stereocenters. The molecule has 0 radical (unpaired) electrons. The van der Waals surface area contributed by atoms with Crippen molar-refractivity contribution in [2.24, 2.45) is 0 Å². The minimum atomic E-state index is 0.323. The van der Waals surface area contributed by atoms with Crippen molar-refractivity contribution >= 4 is 27.5 Å². The molecule has 1 N–H and O–H groups in total. The van der Waals surface area contributed by atoms with Crippen molar-refractivity contribution in [3.8, 4) is 11.5 Å². The third-order valence-electron chi connectivity index (χ3n) is 1.61. The molecular weight excluding hydrogens is 267 g/mol. The number of pyridine rings is 1. The lowest BCUT2D eigenvalue weighted by atomic mass is 10.3. The van der Waals surface area contributed by atoms with E-state index in [1.807, 2.05) is 12.1 Å². The number of halogens is 2. The highest BCUT2D eigenvalue weighted by Crippen LogP contribution is 2.15. The van der Waals surface area contributed by atoms with Crippen LogP contribution in [0.1, 0.15) is 5.82 Å². The minimum Gasteiger partial charge on any atom is -0.262 e. The Kier molecular flexibility index (Phi) is 2.79. The molecule has 0 saturated carbocycles. The van der Waals surface area contributed by atoms with Crippen molar-refractivity contribution in [3.05, 3.63) is 28.6 Å². The molecule has 0 amide bonds. The van der Waals surface area contributed by atoms with Crippen molar-refractivity contribution in [2.45, 2.75) is 5.88 Å². The zero-order valence-electron chi connectivity index (χ0n) is 7.04. The second-order valence-electron chi connectivity index (χ2n) is 2.60. The fourth-order valence-corrected chi connectivity index (χ4v) is 1.33. The van der Waals surface area contributed by atoms with E-state index in [1.54, 1.807) is 6.20 Å². The molecule has 2 rings (SSSR count). The predicted octanol–water partition coefficient (Wildman–Crippen LogP) is 2.37. The highest BCUT2D eigenvalue weighted by Gasteiger charge is 2.05. The van der Waals surface area contributed by atoms with Crippen LogP contribution in [0.4, 0.5) is 0 Å². The van der Waals surface area contributed by atoms with E-state index in [0.717, 1.165) is 10.2 Å². The van der Waals surface area contributed by atoms with Crippen LogP contribution in [0.5, 0.6) is 0 Å². The predicted molar refractivity (Wildman–Crippen MR) is 56.9 cm³/mol. The zero-order chi connectivity index (χ0) is 9.97. The molecule has 14 heavy (non-hydrogen) atoms. The van der Waals surface area contributed by atoms with Gasteiger partial charge in [0.2, 0.25) is 0 Å². The molecule has 72 valence electrons. The quantitative estimate of drug-likeness (QED) is 0.855. The smallest absolute Gasteiger partial charge is 0.199 e. The van der Waals surface area contributed by atoms with Gasteiger partial charge in [-0.05, 0) is 28.1 Å². The van der Waals surface area contributed by atoms with Gasteiger partial charge in [-0.25, -0.2) is 4.98 Å². The maximum absolute atomic E-state index is 5.59. The Morgan fingerprint density at radius 3 is 2.86 bits per heavy atom. The molecule has 0 saturated heterocycles. The van der Waals surface area contributed by atoms with E-state index in [4.69, 9.17) is 11.6 Å². The second-order valence-corrected chi connectivity index (χ2v) is 3.78. The molecular formula is C8H6BrClN4. The third kappa shape index (κ3) is 1.93. The molecule has 0 spiro atoms. The number of aromatic amines is 1. The largest absolute Gasteiger partial charge is 0.262 e. The first-order chi connectivity index (χ1) is 6.79. The van der Waals surface area contributed by atoms with Crippen LogP contribution >= 0.6 is 27.5 Å². The van der Waals surface area contributed by atoms with E-state index >= 15 is 0 Å². The van der Waals surface area contributed by atoms with Gasteiger partial charge in [0.25, 0.3) is 0 Å². The summed E-state index contributed by atoms with van der Waals surface area (Å²) >= 11 is 8.90. The molecule has 2 aromatic heterocycles. The summed E-state index contributed by atoms with van der Waals surface area (Å²) in [5.41, 5.74) is 0.723. The van der Waals surface area contributed by atoms with Crippen LogP contribution in [0, 0.1) is 0 Å². The number of hydrogen-bond acceptors (Lipinski definition) is 3. The van der Waals surface area contributed by atoms with Gasteiger partial charge in [-0.3, -0.25) is 10.1 Å². The van der Waals surface area contributed by atoms with Gasteiger partial charge >= 0.3 is 0 Å². The van der Waals surface area contributed by atoms with Crippen LogP contribution in [-0.2, 0) is 5.88 Å². The van der Waals surface area contributed by atoms with Crippen molar-refractivity contribution in [1.82, 2.24) is 20.2 Å². The number of aromatic nitrogens is 4. The van der Waals surface area contributed by atoms with Crippen molar-refractivity contribution in [2.75, 3.05) is 0 Å². The summed E-state index contributed by atoms with van der Waals surface area (Å²) in [6, 6.07) is 3.73. The molecule has 0 aliphatic heterocycles. The maximum atomic E-state index is 5.59. The molecule has 6 heteroatoms. The highest BCUT2D eigenvalue weighted by molar-refractivity contribution is 9.10. The summed E-state index contributed by atoms with van der Waals surface area (Å²) < 4.78 is 0.925. The van der Waals surface area contributed by atoms with Gasteiger partial charge in [0.1, 0.15) is 11.5 Å². The highest BCUT2D eigenvalue weighted by atomic mass is 79.9. The van der Waals surface area contributed by atoms with Crippen LogP contribution in [0.15, 0.2) is 22.8 Å². The van der Waals surface area contributed by atoms with E-state index in [0.29, 0.717) is 17.5 Å². The van der Waals surface area contributed by atoms with Gasteiger partial charge in [0, 0.05) is 10.7 Å². The fraction of sp³-hybridized carbons (Fsp3) is 0.125. The Bertz CT molecular complexity index is 425. The molecule has 0 aliphatic carbocycles. The molecule has 4 nitrogen and oxygen atoms in total. The van der Waals surface area contributed by atoms with Gasteiger partial charge in [-0.15, -0.1) is 11.6 Å². The molecule has 2 heterocycles. The lowest BCUT2D eigenvalue weighted by Crippen LogP contribution is -1.85. The summed E-state index contributed by atoms with van der Waals surface area (Å²) in [7, 11) is 0. The number of alkyl halides is 1. The average Bonchev–Trinajstić information content (AvgIpc) is 2.67. The summed E-state index contributed by atoms with van der Waals surface area (Å²) in [4.78, 5) is 8.31. The van der Waals surface area contributed by atoms with E-state index in [-0.39, 0.29) is 0 Å². The topological polar surface area (TPSA) is 54.5 Å². The fourth-order valence-electron chi connectivity index (χ4n) is 0.978. The summed E-state index contributed by atoms with van der Waals surface area (Å²) in [5, 5.41) is 6.71. The Morgan fingerprint density at radius 2 is 2.29 bits per heavy atom. The average molecular weight is 274 g/mol. The Morgan fingerprint density at radius 1 is 1.43 bits per heavy atom. The summed E-state index contributed by atoms with van der Waals surface area (Å²) in [6.07, 6.45) is 1.70. The zero-order valence-corrected chi connectivity index (χ0v) is 9.38. The molecule has 2 aromatic rings. The first kappa shape index (κ1) is 9.61. The first-order valence-electron chi connectivity index (χ1n) is 3.89. The molecule has 0 bridgehead atoms. The van der Waals surface area contributed by atoms with Crippen LogP contribution < -0.4 is 0 Å². The number of rotatable bonds is 2. The SMILES string of the molecule is ClCc1nc(-c2ccc(Br)cn2)n[nH]1. The van der Waals surface area contributed by atoms with Crippen molar-refractivity contribution in [3.63, 3.8) is 0 Å². The van der Waals surface area contributed by atoms with Crippen LogP contribution in [0.2, 0.25) is 0 Å². The third-order valence-corrected chi connectivity index (χ3v) is 2.34. The Balaban J connectivity index is 2.34. The summed E-state index contributed by atoms with van der Waals surface area (Å²) in [5.74, 6) is 1.53. The van der Waals surface area contributed by atoms with E-state index < -0.39 is 0 Å². The molecule has 0 aromatic carbocycles. The van der Waals surface area contributed by atoms with Crippen LogP contribution in [0.25, 0.3) is 11.5 Å². The van der Waals surface area contributed by atoms with Crippen LogP contribution in [0.3, 0.4) is 0 Å². The first-order valence-corrected chi connectivity index (χ1v) is 5.21. The minimum absolute atomic E-state index is 0.323. The standard InChI is InChI=1S/C8H6BrClN4/c9-5-1-2-6(11-4-5)8-12-7(3-10)13-14-8/h1-2,4H,3H2,(H,12,13,14). The van der Waals surface area contributed by atoms with E-state index in [2.05, 4.69) is 36.1 Å². The Labute approximate surface area is 93.9 Å². The van der Waals surface area contributed by atoms with Gasteiger partial charge < -0.3 is 0 Å². The maximum Gasteiger partial charge on any atom is 0.199 e. The number of hydrogen-bond donors (Lipinski definition) is 1. The van der Waals surface area contributed by atoms with E-state index in [1.165, 1.54) is 0 Å². The molecule has 0 unspecified atom stereocenters. The van der Waals surface area contributed by atoms with Gasteiger partial charge in [-0.1, -0.05) is 0 Å². The monoisotopic (exact) mass is 272 g/mol. The normalized spacial score (nSPS) is 10.4. The lowest BCUT2D eigenvalue weighted by molar-refractivity contribution is 1.02. The van der Waals surface area contributed by atoms with E-state index in [9.17, 15) is 0 Å². The van der Waals surface area contributed by atoms with Gasteiger partial charge in [-0.2, -0.15) is 5.10 Å². The molecule has 0 fully saturated rings. The second kappa shape index (κ2) is 4.06.